The average molecular weight is 452 g/mol. The number of benzene rings is 1. The Morgan fingerprint density at radius 1 is 1.29 bits per heavy atom. The van der Waals surface area contributed by atoms with E-state index >= 15 is 0 Å². The number of fused-ring (bicyclic) bond motifs is 1. The normalized spacial score (nSPS) is 11.7. The molecule has 0 aliphatic carbocycles. The molecule has 3 rings (SSSR count). The minimum Gasteiger partial charge on any atom is -0.493 e. The van der Waals surface area contributed by atoms with Crippen LogP contribution in [-0.2, 0) is 10.0 Å². The van der Waals surface area contributed by atoms with E-state index in [1.165, 1.54) is 23.8 Å². The molecule has 3 aromatic rings. The maximum Gasteiger partial charge on any atom is 0.299 e. The number of anilines is 1. The third-order valence-electron chi connectivity index (χ3n) is 3.01. The number of rotatable bonds is 4. The summed E-state index contributed by atoms with van der Waals surface area (Å²) in [7, 11) is -2.64. The van der Waals surface area contributed by atoms with Gasteiger partial charge in [-0.1, -0.05) is 29.3 Å². The number of methoxy groups -OCH3 is 1. The molecule has 0 bridgehead atoms. The molecule has 2 heterocycles. The van der Waals surface area contributed by atoms with Gasteiger partial charge in [0.1, 0.15) is 0 Å². The van der Waals surface area contributed by atoms with Gasteiger partial charge in [-0.05, 0) is 34.1 Å². The molecule has 24 heavy (non-hydrogen) atoms. The van der Waals surface area contributed by atoms with Crippen LogP contribution >= 0.6 is 39.1 Å². The Morgan fingerprint density at radius 2 is 1.96 bits per heavy atom. The predicted octanol–water partition coefficient (Wildman–Crippen LogP) is 3.61. The van der Waals surface area contributed by atoms with Gasteiger partial charge < -0.3 is 4.74 Å². The fraction of sp³-hybridized carbons (Fsp3) is 0.0769. The van der Waals surface area contributed by atoms with Crippen LogP contribution in [0, 0.1) is 0 Å². The highest BCUT2D eigenvalue weighted by Gasteiger charge is 2.24. The number of sulfonamides is 1. The molecule has 0 radical (unpaired) electrons. The molecule has 0 atom stereocenters. The molecule has 0 aliphatic heterocycles. The number of pyridine rings is 1. The van der Waals surface area contributed by atoms with E-state index in [0.29, 0.717) is 10.2 Å². The third-order valence-corrected chi connectivity index (χ3v) is 5.20. The molecule has 0 spiro atoms. The molecule has 0 saturated carbocycles. The molecule has 0 amide bonds. The standard InChI is InChI=1S/C13H9BrCl2N4O3S/c1-23-10-5-7(14)6-20-12(10)17-13(18-20)24(21,22)19-11-8(15)3-2-4-9(11)16/h2-6,19H,1H3. The molecule has 1 N–H and O–H groups in total. The maximum absolute atomic E-state index is 12.5. The van der Waals surface area contributed by atoms with Gasteiger partial charge in [0.15, 0.2) is 11.4 Å². The van der Waals surface area contributed by atoms with Crippen LogP contribution in [0.3, 0.4) is 0 Å². The van der Waals surface area contributed by atoms with Gasteiger partial charge in [0.05, 0.1) is 22.8 Å². The summed E-state index contributed by atoms with van der Waals surface area (Å²) >= 11 is 15.3. The SMILES string of the molecule is COc1cc(Br)cn2nc(S(=O)(=O)Nc3c(Cl)cccc3Cl)nc12. The number of nitrogens with one attached hydrogen (secondary N) is 1. The van der Waals surface area contributed by atoms with Crippen LogP contribution < -0.4 is 9.46 Å². The van der Waals surface area contributed by atoms with Crippen LogP contribution in [0.1, 0.15) is 0 Å². The van der Waals surface area contributed by atoms with E-state index in [2.05, 4.69) is 30.7 Å². The first-order valence-corrected chi connectivity index (χ1v) is 9.42. The smallest absolute Gasteiger partial charge is 0.299 e. The summed E-state index contributed by atoms with van der Waals surface area (Å²) in [6.45, 7) is 0. The molecule has 0 fully saturated rings. The number of ether oxygens (including phenoxy) is 1. The largest absolute Gasteiger partial charge is 0.493 e. The monoisotopic (exact) mass is 450 g/mol. The van der Waals surface area contributed by atoms with Gasteiger partial charge in [-0.2, -0.15) is 13.4 Å². The van der Waals surface area contributed by atoms with Crippen LogP contribution in [0.5, 0.6) is 5.75 Å². The number of para-hydroxylation sites is 1. The lowest BCUT2D eigenvalue weighted by Gasteiger charge is -2.08. The lowest BCUT2D eigenvalue weighted by molar-refractivity contribution is 0.416. The second-order valence-corrected chi connectivity index (χ2v) is 7.90. The summed E-state index contributed by atoms with van der Waals surface area (Å²) in [6, 6.07) is 6.29. The van der Waals surface area contributed by atoms with Crippen LogP contribution in [0.4, 0.5) is 5.69 Å². The highest BCUT2D eigenvalue weighted by atomic mass is 79.9. The van der Waals surface area contributed by atoms with Gasteiger partial charge >= 0.3 is 0 Å². The van der Waals surface area contributed by atoms with Crippen molar-refractivity contribution >= 4 is 60.5 Å². The molecular weight excluding hydrogens is 443 g/mol. The van der Waals surface area contributed by atoms with Crippen molar-refractivity contribution in [3.05, 3.63) is 45.0 Å². The van der Waals surface area contributed by atoms with Gasteiger partial charge in [0, 0.05) is 10.7 Å². The number of hydrogen-bond acceptors (Lipinski definition) is 5. The fourth-order valence-corrected chi connectivity index (χ4v) is 3.93. The molecule has 11 heteroatoms. The Bertz CT molecular complexity index is 1020. The second-order valence-electron chi connectivity index (χ2n) is 4.59. The molecule has 0 aliphatic rings. The molecule has 126 valence electrons. The number of halogens is 3. The summed E-state index contributed by atoms with van der Waals surface area (Å²) in [4.78, 5) is 4.02. The van der Waals surface area contributed by atoms with Crippen molar-refractivity contribution in [2.75, 3.05) is 11.8 Å². The van der Waals surface area contributed by atoms with Crippen LogP contribution in [0.2, 0.25) is 10.0 Å². The van der Waals surface area contributed by atoms with Crippen LogP contribution in [0.15, 0.2) is 40.1 Å². The van der Waals surface area contributed by atoms with Crippen molar-refractivity contribution in [2.45, 2.75) is 5.16 Å². The Morgan fingerprint density at radius 3 is 2.58 bits per heavy atom. The molecule has 7 nitrogen and oxygen atoms in total. The van der Waals surface area contributed by atoms with Crippen LogP contribution in [0.25, 0.3) is 5.65 Å². The highest BCUT2D eigenvalue weighted by Crippen LogP contribution is 2.32. The topological polar surface area (TPSA) is 85.6 Å². The minimum absolute atomic E-state index is 0.0628. The quantitative estimate of drug-likeness (QED) is 0.654. The molecular formula is C13H9BrCl2N4O3S. The zero-order valence-electron chi connectivity index (χ0n) is 12.0. The zero-order valence-corrected chi connectivity index (χ0v) is 15.9. The van der Waals surface area contributed by atoms with Crippen LogP contribution in [-0.4, -0.2) is 30.1 Å². The van der Waals surface area contributed by atoms with Crippen molar-refractivity contribution in [2.24, 2.45) is 0 Å². The molecule has 2 aromatic heterocycles. The highest BCUT2D eigenvalue weighted by molar-refractivity contribution is 9.10. The van der Waals surface area contributed by atoms with Gasteiger partial charge in [-0.25, -0.2) is 4.52 Å². The Balaban J connectivity index is 2.09. The van der Waals surface area contributed by atoms with Crippen molar-refractivity contribution in [3.63, 3.8) is 0 Å². The minimum atomic E-state index is -4.09. The van der Waals surface area contributed by atoms with E-state index in [4.69, 9.17) is 27.9 Å². The summed E-state index contributed by atoms with van der Waals surface area (Å²) in [6.07, 6.45) is 1.56. The summed E-state index contributed by atoms with van der Waals surface area (Å²) < 4.78 is 34.5. The fourth-order valence-electron chi connectivity index (χ4n) is 1.94. The number of nitrogens with zero attached hydrogens (tertiary/aromatic N) is 3. The Hall–Kier alpha value is -1.55. The van der Waals surface area contributed by atoms with E-state index in [-0.39, 0.29) is 21.4 Å². The average Bonchev–Trinajstić information content (AvgIpc) is 2.95. The van der Waals surface area contributed by atoms with Gasteiger partial charge in [-0.15, -0.1) is 5.10 Å². The number of aromatic nitrogens is 3. The first-order valence-electron chi connectivity index (χ1n) is 6.38. The van der Waals surface area contributed by atoms with E-state index in [1.54, 1.807) is 18.3 Å². The summed E-state index contributed by atoms with van der Waals surface area (Å²) in [5.41, 5.74) is 0.319. The first-order chi connectivity index (χ1) is 11.3. The molecule has 1 aromatic carbocycles. The van der Waals surface area contributed by atoms with Crippen molar-refractivity contribution in [1.29, 1.82) is 0 Å². The Labute approximate surface area is 155 Å². The van der Waals surface area contributed by atoms with Crippen molar-refractivity contribution < 1.29 is 13.2 Å². The van der Waals surface area contributed by atoms with E-state index in [9.17, 15) is 8.42 Å². The molecule has 0 saturated heterocycles. The van der Waals surface area contributed by atoms with Crippen molar-refractivity contribution in [1.82, 2.24) is 14.6 Å². The maximum atomic E-state index is 12.5. The van der Waals surface area contributed by atoms with E-state index < -0.39 is 15.2 Å². The van der Waals surface area contributed by atoms with E-state index in [1.807, 2.05) is 0 Å². The molecule has 0 unspecified atom stereocenters. The summed E-state index contributed by atoms with van der Waals surface area (Å²) in [5.74, 6) is 0.370. The van der Waals surface area contributed by atoms with Gasteiger partial charge in [-0.3, -0.25) is 4.72 Å². The summed E-state index contributed by atoms with van der Waals surface area (Å²) in [5, 5.41) is 3.86. The van der Waals surface area contributed by atoms with Gasteiger partial charge in [0.2, 0.25) is 0 Å². The predicted molar refractivity (Wildman–Crippen MR) is 94.5 cm³/mol. The van der Waals surface area contributed by atoms with E-state index in [0.717, 1.165) is 0 Å². The zero-order chi connectivity index (χ0) is 17.5. The number of hydrogen-bond donors (Lipinski definition) is 1. The first kappa shape index (κ1) is 17.3. The lowest BCUT2D eigenvalue weighted by atomic mass is 10.3. The second kappa shape index (κ2) is 6.40. The third kappa shape index (κ3) is 3.16. The lowest BCUT2D eigenvalue weighted by Crippen LogP contribution is -2.15. The van der Waals surface area contributed by atoms with Gasteiger partial charge in [0.25, 0.3) is 15.2 Å². The Kier molecular flexibility index (Phi) is 4.60. The van der Waals surface area contributed by atoms with Crippen molar-refractivity contribution in [3.8, 4) is 5.75 Å².